The fourth-order valence-corrected chi connectivity index (χ4v) is 2.43. The maximum Gasteiger partial charge on any atom is 0.335 e. The number of rotatable bonds is 3. The number of nitrogens with one attached hydrogen (secondary N) is 1. The summed E-state index contributed by atoms with van der Waals surface area (Å²) < 4.78 is 0. The normalized spacial score (nSPS) is 22.2. The second kappa shape index (κ2) is 5.01. The number of carbonyl (C=O) groups is 4. The summed E-state index contributed by atoms with van der Waals surface area (Å²) in [6, 6.07) is 4.73. The minimum atomic E-state index is -1.51. The smallest absolute Gasteiger partial charge is 0.335 e. The summed E-state index contributed by atoms with van der Waals surface area (Å²) in [5, 5.41) is 11.0. The highest BCUT2D eigenvalue weighted by atomic mass is 16.4. The van der Waals surface area contributed by atoms with Gasteiger partial charge in [-0.1, -0.05) is 19.1 Å². The van der Waals surface area contributed by atoms with Crippen LogP contribution in [0, 0.1) is 0 Å². The van der Waals surface area contributed by atoms with Gasteiger partial charge >= 0.3 is 12.0 Å². The summed E-state index contributed by atoms with van der Waals surface area (Å²) in [6.45, 7) is 1.66. The third kappa shape index (κ3) is 2.06. The molecule has 0 bridgehead atoms. The molecule has 7 heteroatoms. The van der Waals surface area contributed by atoms with Gasteiger partial charge in [0.1, 0.15) is 0 Å². The van der Waals surface area contributed by atoms with E-state index in [1.165, 1.54) is 31.3 Å². The summed E-state index contributed by atoms with van der Waals surface area (Å²) in [4.78, 5) is 47.9. The van der Waals surface area contributed by atoms with Crippen LogP contribution in [0.2, 0.25) is 0 Å². The number of carboxylic acids is 1. The molecule has 1 fully saturated rings. The number of likely N-dealkylation sites (N-methyl/N-ethyl adjacent to an activating group) is 1. The van der Waals surface area contributed by atoms with Crippen LogP contribution in [0.3, 0.4) is 0 Å². The Morgan fingerprint density at radius 2 is 1.81 bits per heavy atom. The topological polar surface area (TPSA) is 104 Å². The monoisotopic (exact) mass is 290 g/mol. The highest BCUT2D eigenvalue weighted by Gasteiger charge is 2.52. The van der Waals surface area contributed by atoms with Crippen LogP contribution in [0.25, 0.3) is 0 Å². The van der Waals surface area contributed by atoms with Crippen LogP contribution < -0.4 is 5.32 Å². The highest BCUT2D eigenvalue weighted by molar-refractivity contribution is 6.22. The lowest BCUT2D eigenvalue weighted by Gasteiger charge is -2.37. The molecule has 2 N–H and O–H groups in total. The van der Waals surface area contributed by atoms with Crippen molar-refractivity contribution in [3.8, 4) is 0 Å². The summed E-state index contributed by atoms with van der Waals surface area (Å²) in [5.74, 6) is -2.41. The Balaban J connectivity index is 2.54. The predicted molar refractivity (Wildman–Crippen MR) is 71.7 cm³/mol. The van der Waals surface area contributed by atoms with Crippen LogP contribution in [-0.4, -0.2) is 40.9 Å². The summed E-state index contributed by atoms with van der Waals surface area (Å²) in [5.41, 5.74) is -1.10. The van der Waals surface area contributed by atoms with Crippen molar-refractivity contribution < 1.29 is 24.3 Å². The van der Waals surface area contributed by atoms with Crippen molar-refractivity contribution in [2.24, 2.45) is 0 Å². The third-order valence-corrected chi connectivity index (χ3v) is 3.74. The van der Waals surface area contributed by atoms with Crippen LogP contribution in [0.5, 0.6) is 0 Å². The number of nitrogens with zero attached hydrogens (tertiary/aromatic N) is 1. The van der Waals surface area contributed by atoms with Crippen LogP contribution in [0.4, 0.5) is 4.79 Å². The maximum absolute atomic E-state index is 12.4. The number of hydrogen-bond acceptors (Lipinski definition) is 4. The van der Waals surface area contributed by atoms with Gasteiger partial charge in [0, 0.05) is 7.05 Å². The van der Waals surface area contributed by atoms with E-state index in [-0.39, 0.29) is 12.0 Å². The summed E-state index contributed by atoms with van der Waals surface area (Å²) >= 11 is 0. The minimum absolute atomic E-state index is 0.0538. The summed E-state index contributed by atoms with van der Waals surface area (Å²) in [6.07, 6.45) is 0.154. The third-order valence-electron chi connectivity index (χ3n) is 3.74. The largest absolute Gasteiger partial charge is 0.478 e. The van der Waals surface area contributed by atoms with Gasteiger partial charge in [-0.05, 0) is 24.1 Å². The van der Waals surface area contributed by atoms with Crippen molar-refractivity contribution in [1.82, 2.24) is 10.2 Å². The molecule has 4 amide bonds. The van der Waals surface area contributed by atoms with E-state index in [4.69, 9.17) is 5.11 Å². The number of benzene rings is 1. The molecule has 1 saturated heterocycles. The number of urea groups is 1. The lowest BCUT2D eigenvalue weighted by Crippen LogP contribution is -2.64. The van der Waals surface area contributed by atoms with Gasteiger partial charge in [0.25, 0.3) is 5.91 Å². The van der Waals surface area contributed by atoms with E-state index in [0.29, 0.717) is 5.56 Å². The van der Waals surface area contributed by atoms with Crippen LogP contribution >= 0.6 is 0 Å². The molecule has 0 radical (unpaired) electrons. The van der Waals surface area contributed by atoms with E-state index in [2.05, 4.69) is 5.32 Å². The number of barbiturate groups is 1. The van der Waals surface area contributed by atoms with Gasteiger partial charge in [0.05, 0.1) is 5.56 Å². The first kappa shape index (κ1) is 14.7. The first-order chi connectivity index (χ1) is 9.84. The van der Waals surface area contributed by atoms with Crippen molar-refractivity contribution >= 4 is 23.8 Å². The zero-order valence-electron chi connectivity index (χ0n) is 11.5. The second-order valence-electron chi connectivity index (χ2n) is 4.76. The molecule has 110 valence electrons. The van der Waals surface area contributed by atoms with Gasteiger partial charge in [0.2, 0.25) is 5.91 Å². The van der Waals surface area contributed by atoms with Gasteiger partial charge in [-0.25, -0.2) is 9.59 Å². The second-order valence-corrected chi connectivity index (χ2v) is 4.76. The average molecular weight is 290 g/mol. The first-order valence-corrected chi connectivity index (χ1v) is 6.32. The SMILES string of the molecule is CCC1(c2ccc(C(=O)O)cc2)C(=O)NC(=O)N(C)C1=O. The van der Waals surface area contributed by atoms with Crippen molar-refractivity contribution in [1.29, 1.82) is 0 Å². The van der Waals surface area contributed by atoms with Gasteiger partial charge in [-0.3, -0.25) is 19.8 Å². The van der Waals surface area contributed by atoms with Crippen molar-refractivity contribution in [2.45, 2.75) is 18.8 Å². The molecular formula is C14H14N2O5. The molecule has 1 aromatic rings. The number of amides is 4. The number of hydrogen-bond donors (Lipinski definition) is 2. The molecule has 1 aromatic carbocycles. The van der Waals surface area contributed by atoms with Gasteiger partial charge in [-0.2, -0.15) is 0 Å². The standard InChI is InChI=1S/C14H14N2O5/c1-3-14(9-6-4-8(5-7-9)10(17)18)11(19)15-13(21)16(2)12(14)20/h4-7H,3H2,1-2H3,(H,17,18)(H,15,19,21). The molecule has 1 aliphatic heterocycles. The van der Waals surface area contributed by atoms with Crippen molar-refractivity contribution in [3.63, 3.8) is 0 Å². The molecule has 1 atom stereocenters. The average Bonchev–Trinajstić information content (AvgIpc) is 2.46. The molecule has 1 heterocycles. The Kier molecular flexibility index (Phi) is 3.51. The Hall–Kier alpha value is -2.70. The number of carboxylic acid groups (broad SMARTS) is 1. The molecular weight excluding hydrogens is 276 g/mol. The number of aromatic carboxylic acids is 1. The molecule has 1 aliphatic rings. The zero-order valence-corrected chi connectivity index (χ0v) is 11.5. The molecule has 1 unspecified atom stereocenters. The summed E-state index contributed by atoms with van der Waals surface area (Å²) in [7, 11) is 1.29. The number of imide groups is 2. The first-order valence-electron chi connectivity index (χ1n) is 6.32. The molecule has 0 spiro atoms. The van der Waals surface area contributed by atoms with E-state index >= 15 is 0 Å². The fraction of sp³-hybridized carbons (Fsp3) is 0.286. The Morgan fingerprint density at radius 1 is 1.24 bits per heavy atom. The van der Waals surface area contributed by atoms with Crippen LogP contribution in [0.15, 0.2) is 24.3 Å². The fourth-order valence-electron chi connectivity index (χ4n) is 2.43. The number of carbonyl (C=O) groups excluding carboxylic acids is 3. The van der Waals surface area contributed by atoms with Gasteiger partial charge in [-0.15, -0.1) is 0 Å². The zero-order chi connectivity index (χ0) is 15.8. The Bertz CT molecular complexity index is 637. The van der Waals surface area contributed by atoms with Crippen LogP contribution in [-0.2, 0) is 15.0 Å². The molecule has 2 rings (SSSR count). The van der Waals surface area contributed by atoms with Gasteiger partial charge < -0.3 is 5.11 Å². The molecule has 0 aliphatic carbocycles. The molecule has 7 nitrogen and oxygen atoms in total. The van der Waals surface area contributed by atoms with Crippen LogP contribution in [0.1, 0.15) is 29.3 Å². The van der Waals surface area contributed by atoms with E-state index in [1.54, 1.807) is 6.92 Å². The minimum Gasteiger partial charge on any atom is -0.478 e. The lowest BCUT2D eigenvalue weighted by atomic mass is 9.74. The quantitative estimate of drug-likeness (QED) is 0.799. The molecule has 0 saturated carbocycles. The predicted octanol–water partition coefficient (Wildman–Crippen LogP) is 0.741. The Morgan fingerprint density at radius 3 is 2.29 bits per heavy atom. The molecule has 0 aromatic heterocycles. The van der Waals surface area contributed by atoms with Gasteiger partial charge in [0.15, 0.2) is 5.41 Å². The van der Waals surface area contributed by atoms with E-state index in [1.807, 2.05) is 0 Å². The van der Waals surface area contributed by atoms with E-state index in [9.17, 15) is 19.2 Å². The Labute approximate surface area is 120 Å². The van der Waals surface area contributed by atoms with Crippen molar-refractivity contribution in [2.75, 3.05) is 7.05 Å². The van der Waals surface area contributed by atoms with E-state index < -0.39 is 29.2 Å². The maximum atomic E-state index is 12.4. The van der Waals surface area contributed by atoms with Crippen molar-refractivity contribution in [3.05, 3.63) is 35.4 Å². The lowest BCUT2D eigenvalue weighted by molar-refractivity contribution is -0.144. The highest BCUT2D eigenvalue weighted by Crippen LogP contribution is 2.33. The molecule has 21 heavy (non-hydrogen) atoms. The van der Waals surface area contributed by atoms with E-state index in [0.717, 1.165) is 4.90 Å².